The molecule has 1 heterocycles. The van der Waals surface area contributed by atoms with E-state index in [-0.39, 0.29) is 0 Å². The van der Waals surface area contributed by atoms with Crippen molar-refractivity contribution in [2.75, 3.05) is 25.4 Å². The van der Waals surface area contributed by atoms with E-state index in [4.69, 9.17) is 5.26 Å². The minimum Gasteiger partial charge on any atom is -0.300 e. The summed E-state index contributed by atoms with van der Waals surface area (Å²) in [5, 5.41) is 9.13. The van der Waals surface area contributed by atoms with Gasteiger partial charge in [0.15, 0.2) is 0 Å². The fourth-order valence-corrected chi connectivity index (χ4v) is 2.38. The van der Waals surface area contributed by atoms with Crippen molar-refractivity contribution in [1.29, 1.82) is 5.26 Å². The molecule has 0 aromatic heterocycles. The number of thioether (sulfide) groups is 1. The van der Waals surface area contributed by atoms with Crippen LogP contribution in [0.5, 0.6) is 0 Å². The van der Waals surface area contributed by atoms with Crippen molar-refractivity contribution in [3.8, 4) is 6.07 Å². The van der Waals surface area contributed by atoms with Gasteiger partial charge in [0.2, 0.25) is 0 Å². The third-order valence-corrected chi connectivity index (χ3v) is 3.00. The van der Waals surface area contributed by atoms with Gasteiger partial charge in [0, 0.05) is 37.1 Å². The molecular formula is C8H14N2S. The third kappa shape index (κ3) is 3.13. The van der Waals surface area contributed by atoms with Gasteiger partial charge in [0.05, 0.1) is 6.07 Å². The predicted octanol–water partition coefficient (Wildman–Crippen LogP) is 1.34. The van der Waals surface area contributed by atoms with Crippen molar-refractivity contribution in [3.63, 3.8) is 0 Å². The largest absolute Gasteiger partial charge is 0.300 e. The molecule has 2 nitrogen and oxygen atoms in total. The Morgan fingerprint density at radius 2 is 2.55 bits per heavy atom. The van der Waals surface area contributed by atoms with Gasteiger partial charge in [-0.3, -0.25) is 0 Å². The van der Waals surface area contributed by atoms with Crippen LogP contribution in [-0.2, 0) is 0 Å². The van der Waals surface area contributed by atoms with E-state index in [9.17, 15) is 0 Å². The number of hydrogen-bond acceptors (Lipinski definition) is 3. The Morgan fingerprint density at radius 1 is 1.73 bits per heavy atom. The zero-order valence-electron chi connectivity index (χ0n) is 6.92. The summed E-state index contributed by atoms with van der Waals surface area (Å²) in [6.45, 7) is 5.54. The van der Waals surface area contributed by atoms with Crippen molar-refractivity contribution in [3.05, 3.63) is 0 Å². The maximum Gasteiger partial charge on any atom is 0.0635 e. The lowest BCUT2D eigenvalue weighted by atomic mass is 10.3. The molecule has 11 heavy (non-hydrogen) atoms. The SMILES string of the molecule is CC1CN(CCC#N)CCS1. The molecule has 1 atom stereocenters. The van der Waals surface area contributed by atoms with Crippen LogP contribution in [0.4, 0.5) is 0 Å². The summed E-state index contributed by atoms with van der Waals surface area (Å²) in [7, 11) is 0. The summed E-state index contributed by atoms with van der Waals surface area (Å²) in [4.78, 5) is 2.38. The van der Waals surface area contributed by atoms with Crippen molar-refractivity contribution >= 4 is 11.8 Å². The number of nitrogens with zero attached hydrogens (tertiary/aromatic N) is 2. The molecule has 1 saturated heterocycles. The molecule has 62 valence electrons. The summed E-state index contributed by atoms with van der Waals surface area (Å²) in [6, 6.07) is 2.18. The standard InChI is InChI=1S/C8H14N2S/c1-8-7-10(4-2-3-9)5-6-11-8/h8H,2,4-7H2,1H3. The first kappa shape index (κ1) is 8.89. The quantitative estimate of drug-likeness (QED) is 0.625. The Kier molecular flexibility index (Phi) is 3.74. The first-order valence-electron chi connectivity index (χ1n) is 4.04. The summed E-state index contributed by atoms with van der Waals surface area (Å²) >= 11 is 2.03. The second-order valence-corrected chi connectivity index (χ2v) is 4.44. The van der Waals surface area contributed by atoms with E-state index < -0.39 is 0 Å². The molecule has 1 aliphatic rings. The Labute approximate surface area is 72.6 Å². The van der Waals surface area contributed by atoms with Gasteiger partial charge in [-0.2, -0.15) is 17.0 Å². The van der Waals surface area contributed by atoms with Crippen LogP contribution in [0.3, 0.4) is 0 Å². The van der Waals surface area contributed by atoms with Crippen LogP contribution < -0.4 is 0 Å². The highest BCUT2D eigenvalue weighted by Gasteiger charge is 2.15. The Balaban J connectivity index is 2.18. The van der Waals surface area contributed by atoms with Crippen LogP contribution in [0.2, 0.25) is 0 Å². The zero-order chi connectivity index (χ0) is 8.10. The van der Waals surface area contributed by atoms with E-state index in [1.165, 1.54) is 5.75 Å². The fourth-order valence-electron chi connectivity index (χ4n) is 1.30. The molecule has 0 N–H and O–H groups in total. The highest BCUT2D eigenvalue weighted by molar-refractivity contribution is 7.99. The molecule has 0 aromatic carbocycles. The number of nitriles is 1. The van der Waals surface area contributed by atoms with E-state index in [1.54, 1.807) is 0 Å². The van der Waals surface area contributed by atoms with E-state index in [1.807, 2.05) is 11.8 Å². The van der Waals surface area contributed by atoms with Crippen LogP contribution in [0.25, 0.3) is 0 Å². The summed E-state index contributed by atoms with van der Waals surface area (Å²) in [6.07, 6.45) is 0.678. The van der Waals surface area contributed by atoms with Crippen LogP contribution in [-0.4, -0.2) is 35.5 Å². The van der Waals surface area contributed by atoms with Crippen molar-refractivity contribution in [1.82, 2.24) is 4.90 Å². The molecule has 3 heteroatoms. The van der Waals surface area contributed by atoms with E-state index in [2.05, 4.69) is 17.9 Å². The molecule has 1 aliphatic heterocycles. The number of rotatable bonds is 2. The molecule has 0 aromatic rings. The molecule has 1 rings (SSSR count). The van der Waals surface area contributed by atoms with Gasteiger partial charge in [-0.15, -0.1) is 0 Å². The monoisotopic (exact) mass is 170 g/mol. The minimum absolute atomic E-state index is 0.678. The van der Waals surface area contributed by atoms with E-state index in [0.29, 0.717) is 6.42 Å². The first-order valence-corrected chi connectivity index (χ1v) is 5.08. The molecule has 0 saturated carbocycles. The van der Waals surface area contributed by atoms with Crippen molar-refractivity contribution in [2.24, 2.45) is 0 Å². The van der Waals surface area contributed by atoms with Crippen molar-refractivity contribution < 1.29 is 0 Å². The first-order chi connectivity index (χ1) is 5.33. The van der Waals surface area contributed by atoms with Crippen LogP contribution in [0, 0.1) is 11.3 Å². The smallest absolute Gasteiger partial charge is 0.0635 e. The summed E-state index contributed by atoms with van der Waals surface area (Å²) in [5.41, 5.74) is 0. The van der Waals surface area contributed by atoms with Crippen LogP contribution >= 0.6 is 11.8 Å². The Morgan fingerprint density at radius 3 is 3.18 bits per heavy atom. The zero-order valence-corrected chi connectivity index (χ0v) is 7.73. The Hall–Kier alpha value is -0.200. The maximum absolute atomic E-state index is 8.38. The average Bonchev–Trinajstić information content (AvgIpc) is 2.01. The van der Waals surface area contributed by atoms with Gasteiger partial charge in [0.1, 0.15) is 0 Å². The second-order valence-electron chi connectivity index (χ2n) is 2.89. The lowest BCUT2D eigenvalue weighted by Gasteiger charge is -2.29. The molecular weight excluding hydrogens is 156 g/mol. The summed E-state index contributed by atoms with van der Waals surface area (Å²) in [5.74, 6) is 1.23. The second kappa shape index (κ2) is 4.63. The van der Waals surface area contributed by atoms with E-state index >= 15 is 0 Å². The topological polar surface area (TPSA) is 27.0 Å². The fraction of sp³-hybridized carbons (Fsp3) is 0.875. The van der Waals surface area contributed by atoms with Gasteiger partial charge in [-0.05, 0) is 0 Å². The normalized spacial score (nSPS) is 26.4. The van der Waals surface area contributed by atoms with Crippen LogP contribution in [0.1, 0.15) is 13.3 Å². The predicted molar refractivity (Wildman–Crippen MR) is 48.6 cm³/mol. The third-order valence-electron chi connectivity index (χ3n) is 1.87. The van der Waals surface area contributed by atoms with Crippen molar-refractivity contribution in [2.45, 2.75) is 18.6 Å². The highest BCUT2D eigenvalue weighted by Crippen LogP contribution is 2.17. The summed E-state index contributed by atoms with van der Waals surface area (Å²) < 4.78 is 0. The molecule has 1 fully saturated rings. The molecule has 0 bridgehead atoms. The molecule has 1 unspecified atom stereocenters. The Bertz CT molecular complexity index is 153. The van der Waals surface area contributed by atoms with E-state index in [0.717, 1.165) is 24.9 Å². The average molecular weight is 170 g/mol. The molecule has 0 radical (unpaired) electrons. The molecule has 0 aliphatic carbocycles. The van der Waals surface area contributed by atoms with Gasteiger partial charge in [0.25, 0.3) is 0 Å². The lowest BCUT2D eigenvalue weighted by Crippen LogP contribution is -2.37. The number of hydrogen-bond donors (Lipinski definition) is 0. The van der Waals surface area contributed by atoms with Crippen LogP contribution in [0.15, 0.2) is 0 Å². The van der Waals surface area contributed by atoms with Gasteiger partial charge in [-0.1, -0.05) is 6.92 Å². The van der Waals surface area contributed by atoms with Gasteiger partial charge in [-0.25, -0.2) is 0 Å². The molecule has 0 spiro atoms. The van der Waals surface area contributed by atoms with Gasteiger partial charge >= 0.3 is 0 Å². The lowest BCUT2D eigenvalue weighted by molar-refractivity contribution is 0.293. The minimum atomic E-state index is 0.678. The maximum atomic E-state index is 8.38. The highest BCUT2D eigenvalue weighted by atomic mass is 32.2. The molecule has 0 amide bonds. The van der Waals surface area contributed by atoms with Gasteiger partial charge < -0.3 is 4.90 Å².